The molecule has 20 heavy (non-hydrogen) atoms. The molecule has 1 fully saturated rings. The minimum absolute atomic E-state index is 0.318. The summed E-state index contributed by atoms with van der Waals surface area (Å²) in [5, 5.41) is 4.16. The molecule has 0 radical (unpaired) electrons. The van der Waals surface area contributed by atoms with E-state index < -0.39 is 0 Å². The van der Waals surface area contributed by atoms with Crippen LogP contribution in [0.1, 0.15) is 38.8 Å². The lowest BCUT2D eigenvalue weighted by molar-refractivity contribution is 0.00578. The maximum Gasteiger partial charge on any atom is 0.494 e. The van der Waals surface area contributed by atoms with E-state index in [0.717, 1.165) is 30.0 Å². The molecule has 0 atom stereocenters. The van der Waals surface area contributed by atoms with Crippen LogP contribution in [0.25, 0.3) is 0 Å². The lowest BCUT2D eigenvalue weighted by Gasteiger charge is -2.32. The molecule has 1 saturated heterocycles. The summed E-state index contributed by atoms with van der Waals surface area (Å²) in [6.45, 7) is 10.1. The van der Waals surface area contributed by atoms with Crippen molar-refractivity contribution in [2.45, 2.75) is 51.9 Å². The van der Waals surface area contributed by atoms with Crippen LogP contribution in [0.3, 0.4) is 0 Å². The summed E-state index contributed by atoms with van der Waals surface area (Å²) in [4.78, 5) is 0. The van der Waals surface area contributed by atoms with E-state index in [1.54, 1.807) is 0 Å². The van der Waals surface area contributed by atoms with Crippen LogP contribution in [0.4, 0.5) is 0 Å². The van der Waals surface area contributed by atoms with Gasteiger partial charge in [-0.25, -0.2) is 0 Å². The maximum atomic E-state index is 6.42. The van der Waals surface area contributed by atoms with E-state index >= 15 is 0 Å². The fourth-order valence-electron chi connectivity index (χ4n) is 2.69. The van der Waals surface area contributed by atoms with Crippen molar-refractivity contribution < 1.29 is 9.31 Å². The second-order valence-electron chi connectivity index (χ2n) is 6.66. The number of rotatable bonds is 1. The highest BCUT2D eigenvalue weighted by molar-refractivity contribution is 6.62. The smallest absolute Gasteiger partial charge is 0.399 e. The first-order valence-corrected chi connectivity index (χ1v) is 7.55. The first kappa shape index (κ1) is 14.4. The summed E-state index contributed by atoms with van der Waals surface area (Å²) in [7, 11) is -0.335. The third kappa shape index (κ3) is 2.29. The fraction of sp³-hybridized carbons (Fsp3) is 0.600. The van der Waals surface area contributed by atoms with Gasteiger partial charge in [0.2, 0.25) is 0 Å². The molecule has 1 N–H and O–H groups in total. The zero-order chi connectivity index (χ0) is 14.5. The molecule has 0 saturated carbocycles. The highest BCUT2D eigenvalue weighted by Crippen LogP contribution is 2.37. The monoisotopic (exact) mass is 293 g/mol. The van der Waals surface area contributed by atoms with Crippen molar-refractivity contribution in [1.82, 2.24) is 5.32 Å². The van der Waals surface area contributed by atoms with E-state index in [1.165, 1.54) is 11.1 Å². The van der Waals surface area contributed by atoms with Crippen molar-refractivity contribution >= 4 is 24.2 Å². The normalized spacial score (nSPS) is 23.8. The third-order valence-corrected chi connectivity index (χ3v) is 5.05. The second kappa shape index (κ2) is 4.74. The van der Waals surface area contributed by atoms with Crippen LogP contribution in [-0.2, 0) is 22.3 Å². The molecule has 1 aromatic carbocycles. The predicted molar refractivity (Wildman–Crippen MR) is 82.6 cm³/mol. The van der Waals surface area contributed by atoms with Gasteiger partial charge in [-0.2, -0.15) is 0 Å². The minimum atomic E-state index is -0.335. The largest absolute Gasteiger partial charge is 0.494 e. The van der Waals surface area contributed by atoms with Crippen LogP contribution in [0.15, 0.2) is 12.1 Å². The Bertz CT molecular complexity index is 529. The standard InChI is InChI=1S/C15H21BClNO2/c1-14(2)15(3,4)20-16(19-14)11-7-10-5-6-18-9-12(10)13(17)8-11/h7-8,18H,5-6,9H2,1-4H3. The Morgan fingerprint density at radius 2 is 1.80 bits per heavy atom. The molecule has 0 bridgehead atoms. The molecule has 0 aliphatic carbocycles. The minimum Gasteiger partial charge on any atom is -0.399 e. The molecular weight excluding hydrogens is 272 g/mol. The van der Waals surface area contributed by atoms with Crippen molar-refractivity contribution in [3.05, 3.63) is 28.3 Å². The SMILES string of the molecule is CC1(C)OB(c2cc(Cl)c3c(c2)CCNC3)OC1(C)C. The molecular formula is C15H21BClNO2. The quantitative estimate of drug-likeness (QED) is 0.806. The topological polar surface area (TPSA) is 30.5 Å². The Labute approximate surface area is 126 Å². The Morgan fingerprint density at radius 1 is 1.15 bits per heavy atom. The van der Waals surface area contributed by atoms with Crippen molar-refractivity contribution in [3.63, 3.8) is 0 Å². The van der Waals surface area contributed by atoms with E-state index in [-0.39, 0.29) is 18.3 Å². The summed E-state index contributed by atoms with van der Waals surface area (Å²) >= 11 is 6.42. The second-order valence-corrected chi connectivity index (χ2v) is 7.06. The number of benzene rings is 1. The highest BCUT2D eigenvalue weighted by atomic mass is 35.5. The van der Waals surface area contributed by atoms with E-state index in [0.29, 0.717) is 0 Å². The molecule has 0 unspecified atom stereocenters. The number of fused-ring (bicyclic) bond motifs is 1. The van der Waals surface area contributed by atoms with Crippen LogP contribution in [0.2, 0.25) is 5.02 Å². The molecule has 1 aromatic rings. The number of hydrogen-bond donors (Lipinski definition) is 1. The van der Waals surface area contributed by atoms with Gasteiger partial charge in [0.05, 0.1) is 11.2 Å². The van der Waals surface area contributed by atoms with Crippen LogP contribution in [0.5, 0.6) is 0 Å². The zero-order valence-electron chi connectivity index (χ0n) is 12.5. The Hall–Kier alpha value is -0.545. The van der Waals surface area contributed by atoms with Crippen molar-refractivity contribution in [1.29, 1.82) is 0 Å². The Morgan fingerprint density at radius 3 is 2.45 bits per heavy atom. The van der Waals surface area contributed by atoms with Crippen LogP contribution in [-0.4, -0.2) is 24.9 Å². The Balaban J connectivity index is 1.94. The molecule has 2 heterocycles. The molecule has 5 heteroatoms. The highest BCUT2D eigenvalue weighted by Gasteiger charge is 2.51. The molecule has 0 aromatic heterocycles. The summed E-state index contributed by atoms with van der Waals surface area (Å²) < 4.78 is 12.2. The van der Waals surface area contributed by atoms with Gasteiger partial charge < -0.3 is 14.6 Å². The number of halogens is 1. The first-order chi connectivity index (χ1) is 9.30. The lowest BCUT2D eigenvalue weighted by Crippen LogP contribution is -2.41. The first-order valence-electron chi connectivity index (χ1n) is 7.18. The molecule has 108 valence electrons. The fourth-order valence-corrected chi connectivity index (χ4v) is 3.00. The number of nitrogens with one attached hydrogen (secondary N) is 1. The van der Waals surface area contributed by atoms with E-state index in [4.69, 9.17) is 20.9 Å². The predicted octanol–water partition coefficient (Wildman–Crippen LogP) is 2.28. The van der Waals surface area contributed by atoms with E-state index in [1.807, 2.05) is 6.07 Å². The van der Waals surface area contributed by atoms with Crippen LogP contribution < -0.4 is 10.8 Å². The van der Waals surface area contributed by atoms with Gasteiger partial charge >= 0.3 is 7.12 Å². The maximum absolute atomic E-state index is 6.42. The summed E-state index contributed by atoms with van der Waals surface area (Å²) in [6, 6.07) is 4.17. The van der Waals surface area contributed by atoms with Gasteiger partial charge in [-0.15, -0.1) is 0 Å². The van der Waals surface area contributed by atoms with Gasteiger partial charge in [-0.3, -0.25) is 0 Å². The van der Waals surface area contributed by atoms with Gasteiger partial charge in [0.25, 0.3) is 0 Å². The van der Waals surface area contributed by atoms with Crippen molar-refractivity contribution in [2.75, 3.05) is 6.54 Å². The van der Waals surface area contributed by atoms with Crippen LogP contribution >= 0.6 is 11.6 Å². The Kier molecular flexibility index (Phi) is 3.41. The van der Waals surface area contributed by atoms with Gasteiger partial charge in [0.15, 0.2) is 0 Å². The van der Waals surface area contributed by atoms with Gasteiger partial charge in [-0.1, -0.05) is 17.7 Å². The average Bonchev–Trinajstić information content (AvgIpc) is 2.58. The average molecular weight is 294 g/mol. The van der Waals surface area contributed by atoms with Crippen LogP contribution in [0, 0.1) is 0 Å². The van der Waals surface area contributed by atoms with E-state index in [2.05, 4.69) is 39.1 Å². The summed E-state index contributed by atoms with van der Waals surface area (Å²) in [6.07, 6.45) is 1.00. The summed E-state index contributed by atoms with van der Waals surface area (Å²) in [5.41, 5.74) is 2.90. The molecule has 0 amide bonds. The molecule has 2 aliphatic heterocycles. The molecule has 3 rings (SSSR count). The van der Waals surface area contributed by atoms with Gasteiger partial charge in [0.1, 0.15) is 0 Å². The number of hydrogen-bond acceptors (Lipinski definition) is 3. The molecule has 0 spiro atoms. The third-order valence-electron chi connectivity index (χ3n) is 4.71. The zero-order valence-corrected chi connectivity index (χ0v) is 13.3. The van der Waals surface area contributed by atoms with Gasteiger partial charge in [-0.05, 0) is 63.3 Å². The molecule has 2 aliphatic rings. The summed E-state index contributed by atoms with van der Waals surface area (Å²) in [5.74, 6) is 0. The van der Waals surface area contributed by atoms with Gasteiger partial charge in [0, 0.05) is 11.6 Å². The lowest BCUT2D eigenvalue weighted by atomic mass is 9.77. The van der Waals surface area contributed by atoms with Crippen molar-refractivity contribution in [3.8, 4) is 0 Å². The van der Waals surface area contributed by atoms with E-state index in [9.17, 15) is 0 Å². The molecule has 3 nitrogen and oxygen atoms in total. The van der Waals surface area contributed by atoms with Crippen molar-refractivity contribution in [2.24, 2.45) is 0 Å².